The maximum absolute atomic E-state index is 12.3. The highest BCUT2D eigenvalue weighted by Gasteiger charge is 2.28. The first kappa shape index (κ1) is 21.3. The van der Waals surface area contributed by atoms with E-state index in [1.807, 2.05) is 12.1 Å². The second kappa shape index (κ2) is 9.85. The monoisotopic (exact) mass is 407 g/mol. The molecule has 28 heavy (non-hydrogen) atoms. The number of hydrogen-bond acceptors (Lipinski definition) is 5. The molecule has 7 heteroatoms. The second-order valence-corrected chi connectivity index (χ2v) is 10.6. The van der Waals surface area contributed by atoms with E-state index < -0.39 is 9.84 Å². The minimum absolute atomic E-state index is 0.0348. The van der Waals surface area contributed by atoms with Gasteiger partial charge in [-0.15, -0.1) is 0 Å². The van der Waals surface area contributed by atoms with Gasteiger partial charge in [-0.05, 0) is 31.0 Å². The molecule has 1 heterocycles. The molecule has 2 fully saturated rings. The molecule has 1 aliphatic heterocycles. The quantitative estimate of drug-likeness (QED) is 0.712. The first-order valence-electron chi connectivity index (χ1n) is 10.4. The van der Waals surface area contributed by atoms with Crippen LogP contribution in [-0.4, -0.2) is 68.4 Å². The first-order chi connectivity index (χ1) is 13.4. The van der Waals surface area contributed by atoms with Crippen molar-refractivity contribution in [1.82, 2.24) is 15.1 Å². The van der Waals surface area contributed by atoms with Gasteiger partial charge in [0.15, 0.2) is 9.84 Å². The number of piperazine rings is 1. The van der Waals surface area contributed by atoms with Crippen LogP contribution in [0.25, 0.3) is 0 Å². The van der Waals surface area contributed by atoms with Gasteiger partial charge >= 0.3 is 0 Å². The number of carbonyl (C=O) groups is 1. The molecule has 1 aromatic carbocycles. The Morgan fingerprint density at radius 3 is 2.50 bits per heavy atom. The number of amides is 1. The number of nitrogens with zero attached hydrogens (tertiary/aromatic N) is 2. The summed E-state index contributed by atoms with van der Waals surface area (Å²) in [5.74, 6) is -0.224. The van der Waals surface area contributed by atoms with Crippen LogP contribution < -0.4 is 5.32 Å². The minimum atomic E-state index is -3.13. The maximum atomic E-state index is 12.3. The van der Waals surface area contributed by atoms with Crippen molar-refractivity contribution in [3.8, 4) is 0 Å². The molecule has 3 rings (SSSR count). The predicted octanol–water partition coefficient (Wildman–Crippen LogP) is 1.80. The van der Waals surface area contributed by atoms with Gasteiger partial charge in [-0.1, -0.05) is 37.1 Å². The zero-order valence-corrected chi connectivity index (χ0v) is 17.7. The van der Waals surface area contributed by atoms with Crippen LogP contribution in [0.1, 0.15) is 43.2 Å². The number of carbonyl (C=O) groups excluding carboxylic acids is 1. The Bertz CT molecular complexity index is 752. The minimum Gasteiger partial charge on any atom is -0.352 e. The van der Waals surface area contributed by atoms with Gasteiger partial charge in [0, 0.05) is 45.7 Å². The number of nitrogens with one attached hydrogen (secondary N) is 1. The number of hydrogen-bond donors (Lipinski definition) is 1. The lowest BCUT2D eigenvalue weighted by molar-refractivity contribution is -0.120. The van der Waals surface area contributed by atoms with Crippen molar-refractivity contribution in [2.24, 2.45) is 0 Å². The number of sulfone groups is 1. The van der Waals surface area contributed by atoms with Gasteiger partial charge in [-0.3, -0.25) is 9.69 Å². The highest BCUT2D eigenvalue weighted by atomic mass is 32.2. The van der Waals surface area contributed by atoms with Crippen LogP contribution in [0.4, 0.5) is 0 Å². The summed E-state index contributed by atoms with van der Waals surface area (Å²) >= 11 is 0. The van der Waals surface area contributed by atoms with E-state index in [1.54, 1.807) is 0 Å². The lowest BCUT2D eigenvalue weighted by Crippen LogP contribution is -2.43. The van der Waals surface area contributed by atoms with Crippen LogP contribution in [0.5, 0.6) is 0 Å². The van der Waals surface area contributed by atoms with Crippen molar-refractivity contribution < 1.29 is 13.2 Å². The molecular formula is C21H33N3O3S. The molecule has 6 nitrogen and oxygen atoms in total. The van der Waals surface area contributed by atoms with Crippen molar-refractivity contribution in [2.75, 3.05) is 39.0 Å². The molecule has 1 aliphatic carbocycles. The number of rotatable bonds is 8. The van der Waals surface area contributed by atoms with Gasteiger partial charge < -0.3 is 10.2 Å². The SMILES string of the molecule is CN1CCN(Cc2cccc(CNC(=O)CCS(=O)(=O)C3CCCC3)c2)CC1. The van der Waals surface area contributed by atoms with Gasteiger partial charge in [0.1, 0.15) is 0 Å². The Balaban J connectivity index is 1.43. The summed E-state index contributed by atoms with van der Waals surface area (Å²) in [5, 5.41) is 2.65. The fraction of sp³-hybridized carbons (Fsp3) is 0.667. The van der Waals surface area contributed by atoms with Crippen LogP contribution in [0.2, 0.25) is 0 Å². The fourth-order valence-electron chi connectivity index (χ4n) is 4.04. The van der Waals surface area contributed by atoms with Gasteiger partial charge in [0.05, 0.1) is 11.0 Å². The van der Waals surface area contributed by atoms with Crippen molar-refractivity contribution in [1.29, 1.82) is 0 Å². The lowest BCUT2D eigenvalue weighted by Gasteiger charge is -2.32. The molecule has 1 saturated heterocycles. The molecule has 0 bridgehead atoms. The number of benzene rings is 1. The van der Waals surface area contributed by atoms with Gasteiger partial charge in [-0.25, -0.2) is 8.42 Å². The molecule has 0 atom stereocenters. The van der Waals surface area contributed by atoms with E-state index in [1.165, 1.54) is 5.56 Å². The predicted molar refractivity (Wildman–Crippen MR) is 112 cm³/mol. The van der Waals surface area contributed by atoms with Gasteiger partial charge in [0.25, 0.3) is 0 Å². The molecule has 1 amide bonds. The van der Waals surface area contributed by atoms with E-state index in [4.69, 9.17) is 0 Å². The average Bonchev–Trinajstić information content (AvgIpc) is 3.23. The highest BCUT2D eigenvalue weighted by Crippen LogP contribution is 2.25. The molecule has 1 N–H and O–H groups in total. The van der Waals surface area contributed by atoms with Crippen LogP contribution >= 0.6 is 0 Å². The average molecular weight is 408 g/mol. The van der Waals surface area contributed by atoms with Crippen molar-refractivity contribution >= 4 is 15.7 Å². The summed E-state index contributed by atoms with van der Waals surface area (Å²) in [6, 6.07) is 8.28. The molecule has 0 aromatic heterocycles. The summed E-state index contributed by atoms with van der Waals surface area (Å²) < 4.78 is 24.6. The first-order valence-corrected chi connectivity index (χ1v) is 12.1. The summed E-state index contributed by atoms with van der Waals surface area (Å²) in [7, 11) is -0.982. The molecule has 0 radical (unpaired) electrons. The van der Waals surface area contributed by atoms with Crippen molar-refractivity contribution in [3.05, 3.63) is 35.4 Å². The van der Waals surface area contributed by atoms with E-state index in [-0.39, 0.29) is 23.3 Å². The molecular weight excluding hydrogens is 374 g/mol. The van der Waals surface area contributed by atoms with E-state index in [2.05, 4.69) is 34.3 Å². The fourth-order valence-corrected chi connectivity index (χ4v) is 5.90. The third-order valence-electron chi connectivity index (χ3n) is 5.91. The van der Waals surface area contributed by atoms with E-state index in [9.17, 15) is 13.2 Å². The smallest absolute Gasteiger partial charge is 0.221 e. The molecule has 0 spiro atoms. The van der Waals surface area contributed by atoms with Crippen molar-refractivity contribution in [3.63, 3.8) is 0 Å². The lowest BCUT2D eigenvalue weighted by atomic mass is 10.1. The Kier molecular flexibility index (Phi) is 7.48. The second-order valence-electron chi connectivity index (χ2n) is 8.20. The topological polar surface area (TPSA) is 69.7 Å². The van der Waals surface area contributed by atoms with Crippen LogP contribution in [0.15, 0.2) is 24.3 Å². The third kappa shape index (κ3) is 6.29. The third-order valence-corrected chi connectivity index (χ3v) is 8.17. The van der Waals surface area contributed by atoms with Crippen LogP contribution in [0, 0.1) is 0 Å². The Labute approximate surface area is 169 Å². The Morgan fingerprint density at radius 1 is 1.11 bits per heavy atom. The Morgan fingerprint density at radius 2 is 1.79 bits per heavy atom. The standard InChI is InChI=1S/C21H33N3O3S/c1-23-10-12-24(13-11-23)17-19-6-4-5-18(15-19)16-22-21(25)9-14-28(26,27)20-7-2-3-8-20/h4-6,15,20H,2-3,7-14,16-17H2,1H3,(H,22,25). The van der Waals surface area contributed by atoms with E-state index >= 15 is 0 Å². The number of likely N-dealkylation sites (N-methyl/N-ethyl adjacent to an activating group) is 1. The Hall–Kier alpha value is -1.44. The summed E-state index contributed by atoms with van der Waals surface area (Å²) in [6.07, 6.45) is 3.54. The van der Waals surface area contributed by atoms with Crippen LogP contribution in [0.3, 0.4) is 0 Å². The molecule has 2 aliphatic rings. The summed E-state index contributed by atoms with van der Waals surface area (Å²) in [6.45, 7) is 5.72. The molecule has 1 saturated carbocycles. The van der Waals surface area contributed by atoms with E-state index in [0.717, 1.165) is 64.0 Å². The zero-order chi connectivity index (χ0) is 20.0. The van der Waals surface area contributed by atoms with E-state index in [0.29, 0.717) is 6.54 Å². The van der Waals surface area contributed by atoms with Gasteiger partial charge in [0.2, 0.25) is 5.91 Å². The molecule has 0 unspecified atom stereocenters. The maximum Gasteiger partial charge on any atom is 0.221 e. The normalized spacial score (nSPS) is 19.8. The van der Waals surface area contributed by atoms with Gasteiger partial charge in [-0.2, -0.15) is 0 Å². The largest absolute Gasteiger partial charge is 0.352 e. The molecule has 156 valence electrons. The zero-order valence-electron chi connectivity index (χ0n) is 16.9. The summed E-state index contributed by atoms with van der Waals surface area (Å²) in [5.41, 5.74) is 2.30. The summed E-state index contributed by atoms with van der Waals surface area (Å²) in [4.78, 5) is 16.9. The van der Waals surface area contributed by atoms with Crippen LogP contribution in [-0.2, 0) is 27.7 Å². The molecule has 1 aromatic rings. The highest BCUT2D eigenvalue weighted by molar-refractivity contribution is 7.92. The van der Waals surface area contributed by atoms with Crippen molar-refractivity contribution in [2.45, 2.75) is 50.4 Å².